The summed E-state index contributed by atoms with van der Waals surface area (Å²) in [5, 5.41) is 27.7. The van der Waals surface area contributed by atoms with Crippen molar-refractivity contribution in [2.24, 2.45) is 11.7 Å². The second kappa shape index (κ2) is 7.83. The predicted molar refractivity (Wildman–Crippen MR) is 89.7 cm³/mol. The van der Waals surface area contributed by atoms with Crippen molar-refractivity contribution < 1.29 is 43.8 Å². The lowest BCUT2D eigenvalue weighted by molar-refractivity contribution is -0.174. The molecule has 0 aliphatic carbocycles. The molecule has 0 bridgehead atoms. The third-order valence-electron chi connectivity index (χ3n) is 5.06. The van der Waals surface area contributed by atoms with Crippen LogP contribution in [0.25, 0.3) is 0 Å². The Kier molecular flexibility index (Phi) is 6.12. The zero-order valence-electron chi connectivity index (χ0n) is 14.9. The zero-order valence-corrected chi connectivity index (χ0v) is 14.9. The summed E-state index contributed by atoms with van der Waals surface area (Å²) < 4.78 is 10.3. The molecule has 5 N–H and O–H groups in total. The van der Waals surface area contributed by atoms with Gasteiger partial charge in [-0.1, -0.05) is 6.42 Å². The van der Waals surface area contributed by atoms with Crippen LogP contribution in [0.15, 0.2) is 0 Å². The lowest BCUT2D eigenvalue weighted by Gasteiger charge is -2.35. The van der Waals surface area contributed by atoms with Crippen LogP contribution in [0.2, 0.25) is 6.32 Å². The van der Waals surface area contributed by atoms with Crippen molar-refractivity contribution in [2.45, 2.75) is 43.1 Å². The molecule has 2 rings (SSSR count). The maximum absolute atomic E-state index is 11.8. The monoisotopic (exact) mass is 386 g/mol. The van der Waals surface area contributed by atoms with Crippen LogP contribution >= 0.6 is 0 Å². The SMILES string of the molecule is CN1CC(CCCB2OC(=O)CC(CC(=O)O)(C(=O)O)O2)C(N)(C(=O)O)C1. The molecule has 2 saturated heterocycles. The maximum atomic E-state index is 11.8. The number of hydrogen-bond donors (Lipinski definition) is 4. The molecule has 2 aliphatic heterocycles. The molecule has 27 heavy (non-hydrogen) atoms. The van der Waals surface area contributed by atoms with Gasteiger partial charge in [0.2, 0.25) is 0 Å². The van der Waals surface area contributed by atoms with Crippen molar-refractivity contribution in [1.82, 2.24) is 4.90 Å². The highest BCUT2D eigenvalue weighted by Crippen LogP contribution is 2.32. The third kappa shape index (κ3) is 4.57. The number of aliphatic carboxylic acids is 3. The molecule has 12 heteroatoms. The molecule has 0 spiro atoms. The predicted octanol–water partition coefficient (Wildman–Crippen LogP) is -1.14. The van der Waals surface area contributed by atoms with E-state index in [9.17, 15) is 29.4 Å². The number of likely N-dealkylation sites (N-methyl/N-ethyl adjacent to an activating group) is 1. The van der Waals surface area contributed by atoms with Crippen LogP contribution in [0.3, 0.4) is 0 Å². The van der Waals surface area contributed by atoms with E-state index in [-0.39, 0.29) is 18.8 Å². The fourth-order valence-corrected chi connectivity index (χ4v) is 3.71. The summed E-state index contributed by atoms with van der Waals surface area (Å²) in [4.78, 5) is 47.5. The summed E-state index contributed by atoms with van der Waals surface area (Å²) in [7, 11) is 0.557. The van der Waals surface area contributed by atoms with Gasteiger partial charge >= 0.3 is 25.0 Å². The minimum Gasteiger partial charge on any atom is -0.509 e. The molecule has 2 aliphatic rings. The molecule has 2 heterocycles. The number of carbonyl (C=O) groups excluding carboxylic acids is 1. The first kappa shape index (κ1) is 21.1. The average molecular weight is 386 g/mol. The van der Waals surface area contributed by atoms with E-state index in [0.717, 1.165) is 0 Å². The van der Waals surface area contributed by atoms with Crippen LogP contribution in [-0.4, -0.2) is 82.5 Å². The Hall–Kier alpha value is -2.18. The number of carboxylic acids is 3. The van der Waals surface area contributed by atoms with Crippen molar-refractivity contribution in [2.75, 3.05) is 20.1 Å². The van der Waals surface area contributed by atoms with Gasteiger partial charge in [-0.15, -0.1) is 0 Å². The first-order valence-corrected chi connectivity index (χ1v) is 8.52. The average Bonchev–Trinajstić information content (AvgIpc) is 2.81. The summed E-state index contributed by atoms with van der Waals surface area (Å²) in [5.74, 6) is -5.23. The molecule has 2 fully saturated rings. The van der Waals surface area contributed by atoms with E-state index in [1.165, 1.54) is 0 Å². The third-order valence-corrected chi connectivity index (χ3v) is 5.06. The lowest BCUT2D eigenvalue weighted by atomic mass is 9.75. The molecular formula is C15H23BN2O9. The summed E-state index contributed by atoms with van der Waals surface area (Å²) >= 11 is 0. The molecule has 150 valence electrons. The fraction of sp³-hybridized carbons (Fsp3) is 0.733. The highest BCUT2D eigenvalue weighted by Gasteiger charge is 2.52. The topological polar surface area (TPSA) is 177 Å². The van der Waals surface area contributed by atoms with Gasteiger partial charge in [0.1, 0.15) is 5.54 Å². The van der Waals surface area contributed by atoms with Crippen LogP contribution in [-0.2, 0) is 28.5 Å². The van der Waals surface area contributed by atoms with Crippen LogP contribution in [0.5, 0.6) is 0 Å². The zero-order chi connectivity index (χ0) is 20.4. The summed E-state index contributed by atoms with van der Waals surface area (Å²) in [5.41, 5.74) is 2.46. The van der Waals surface area contributed by atoms with E-state index in [1.807, 2.05) is 4.90 Å². The lowest BCUT2D eigenvalue weighted by Crippen LogP contribution is -2.55. The van der Waals surface area contributed by atoms with Crippen molar-refractivity contribution in [1.29, 1.82) is 0 Å². The molecule has 0 radical (unpaired) electrons. The number of rotatable bonds is 8. The Morgan fingerprint density at radius 3 is 2.52 bits per heavy atom. The molecule has 3 atom stereocenters. The minimum atomic E-state index is -2.17. The van der Waals surface area contributed by atoms with Gasteiger partial charge in [0.25, 0.3) is 5.97 Å². The van der Waals surface area contributed by atoms with Gasteiger partial charge in [-0.05, 0) is 19.8 Å². The van der Waals surface area contributed by atoms with E-state index in [1.54, 1.807) is 7.05 Å². The Balaban J connectivity index is 1.99. The Bertz CT molecular complexity index is 641. The van der Waals surface area contributed by atoms with Crippen LogP contribution < -0.4 is 5.73 Å². The first-order valence-electron chi connectivity index (χ1n) is 8.52. The van der Waals surface area contributed by atoms with Gasteiger partial charge < -0.3 is 35.3 Å². The fourth-order valence-electron chi connectivity index (χ4n) is 3.71. The van der Waals surface area contributed by atoms with Crippen LogP contribution in [0, 0.1) is 5.92 Å². The van der Waals surface area contributed by atoms with E-state index in [2.05, 4.69) is 0 Å². The van der Waals surface area contributed by atoms with Crippen molar-refractivity contribution in [3.63, 3.8) is 0 Å². The van der Waals surface area contributed by atoms with Crippen molar-refractivity contribution >= 4 is 31.0 Å². The summed E-state index contributed by atoms with van der Waals surface area (Å²) in [6, 6.07) is 0. The minimum absolute atomic E-state index is 0.107. The highest BCUT2D eigenvalue weighted by atomic mass is 16.6. The maximum Gasteiger partial charge on any atom is 0.528 e. The first-order chi connectivity index (χ1) is 12.5. The Labute approximate surface area is 155 Å². The number of nitrogens with zero attached hydrogens (tertiary/aromatic N) is 1. The number of likely N-dealkylation sites (tertiary alicyclic amines) is 1. The van der Waals surface area contributed by atoms with Gasteiger partial charge in [-0.25, -0.2) is 4.79 Å². The molecular weight excluding hydrogens is 363 g/mol. The molecule has 0 amide bonds. The second-order valence-corrected chi connectivity index (χ2v) is 7.25. The van der Waals surface area contributed by atoms with E-state index < -0.39 is 55.0 Å². The van der Waals surface area contributed by atoms with Gasteiger partial charge in [-0.3, -0.25) is 14.4 Å². The molecule has 11 nitrogen and oxygen atoms in total. The molecule has 0 saturated carbocycles. The quantitative estimate of drug-likeness (QED) is 0.371. The second-order valence-electron chi connectivity index (χ2n) is 7.25. The number of hydrogen-bond acceptors (Lipinski definition) is 8. The number of nitrogens with two attached hydrogens (primary N) is 1. The van der Waals surface area contributed by atoms with E-state index >= 15 is 0 Å². The number of carboxylic acid groups (broad SMARTS) is 3. The summed E-state index contributed by atoms with van der Waals surface area (Å²) in [6.07, 6.45) is -0.679. The molecule has 3 unspecified atom stereocenters. The van der Waals surface area contributed by atoms with Gasteiger partial charge in [0, 0.05) is 19.0 Å². The molecule has 0 aromatic heterocycles. The van der Waals surface area contributed by atoms with E-state index in [4.69, 9.17) is 20.1 Å². The molecule has 0 aromatic carbocycles. The highest BCUT2D eigenvalue weighted by molar-refractivity contribution is 6.48. The standard InChI is InChI=1S/C15H23BN2O9/c1-18-7-9(15(17,8-18)13(24)25)3-2-4-16-26-11(21)6-14(27-16,12(22)23)5-10(19)20/h9H,2-8,17H2,1H3,(H,19,20)(H,22,23)(H,24,25). The molecule has 0 aromatic rings. The van der Waals surface area contributed by atoms with Gasteiger partial charge in [0.15, 0.2) is 5.60 Å². The van der Waals surface area contributed by atoms with E-state index in [0.29, 0.717) is 19.4 Å². The Morgan fingerprint density at radius 1 is 1.30 bits per heavy atom. The van der Waals surface area contributed by atoms with Crippen molar-refractivity contribution in [3.05, 3.63) is 0 Å². The van der Waals surface area contributed by atoms with Crippen LogP contribution in [0.4, 0.5) is 0 Å². The van der Waals surface area contributed by atoms with Gasteiger partial charge in [-0.2, -0.15) is 0 Å². The van der Waals surface area contributed by atoms with Gasteiger partial charge in [0.05, 0.1) is 12.8 Å². The normalized spacial score (nSPS) is 31.6. The van der Waals surface area contributed by atoms with Crippen LogP contribution in [0.1, 0.15) is 25.7 Å². The summed E-state index contributed by atoms with van der Waals surface area (Å²) in [6.45, 7) is 0.703. The smallest absolute Gasteiger partial charge is 0.509 e. The number of carbonyl (C=O) groups is 4. The largest absolute Gasteiger partial charge is 0.528 e. The Morgan fingerprint density at radius 2 is 1.96 bits per heavy atom. The van der Waals surface area contributed by atoms with Crippen molar-refractivity contribution in [3.8, 4) is 0 Å².